The quantitative estimate of drug-likeness (QED) is 0.342. The highest BCUT2D eigenvalue weighted by Gasteiger charge is 2.59. The highest BCUT2D eigenvalue weighted by atomic mass is 16.5. The molecule has 0 aromatic heterocycles. The number of Topliss-reactive ketones (excluding diaryl/α,β-unsaturated/α-hetero) is 1. The summed E-state index contributed by atoms with van der Waals surface area (Å²) >= 11 is 0. The summed E-state index contributed by atoms with van der Waals surface area (Å²) in [5.74, 6) is 4.24. The Morgan fingerprint density at radius 2 is 1.87 bits per heavy atom. The van der Waals surface area contributed by atoms with E-state index in [1.165, 1.54) is 44.9 Å². The summed E-state index contributed by atoms with van der Waals surface area (Å²) in [5.41, 5.74) is 2.38. The van der Waals surface area contributed by atoms with Crippen molar-refractivity contribution in [2.75, 3.05) is 0 Å². The minimum absolute atomic E-state index is 0.0916. The van der Waals surface area contributed by atoms with Crippen molar-refractivity contribution >= 4 is 11.8 Å². The van der Waals surface area contributed by atoms with E-state index in [1.807, 2.05) is 0 Å². The van der Waals surface area contributed by atoms with E-state index >= 15 is 0 Å². The number of carbonyl (C=O) groups is 2. The lowest BCUT2D eigenvalue weighted by Crippen LogP contribution is -2.51. The average molecular weight is 429 g/mol. The number of ketones is 1. The fourth-order valence-corrected chi connectivity index (χ4v) is 8.81. The molecular formula is C28H44O3. The fourth-order valence-electron chi connectivity index (χ4n) is 8.81. The molecule has 0 N–H and O–H groups in total. The maximum absolute atomic E-state index is 11.5. The van der Waals surface area contributed by atoms with Gasteiger partial charge in [-0.3, -0.25) is 4.79 Å². The van der Waals surface area contributed by atoms with Crippen LogP contribution in [0.1, 0.15) is 105 Å². The van der Waals surface area contributed by atoms with Crippen LogP contribution in [-0.4, -0.2) is 17.9 Å². The monoisotopic (exact) mass is 428 g/mol. The fraction of sp³-hybridized carbons (Fsp3) is 0.857. The zero-order valence-electron chi connectivity index (χ0n) is 20.5. The van der Waals surface area contributed by atoms with Gasteiger partial charge in [0, 0.05) is 19.8 Å². The van der Waals surface area contributed by atoms with Crippen LogP contribution in [0.15, 0.2) is 11.6 Å². The van der Waals surface area contributed by atoms with Gasteiger partial charge in [-0.2, -0.15) is 0 Å². The molecule has 3 heteroatoms. The lowest BCUT2D eigenvalue weighted by atomic mass is 9.47. The standard InChI is InChI=1S/C28H44O3/c1-18(7-6-8-19(2)29)24-11-12-25-23-10-9-21-17-22(31-20(3)30)13-15-27(21,4)26(23)14-16-28(24,25)5/h9,18,22-26H,6-8,10-17H2,1-5H3/t18-,22+,23-,24-,25+,26-,27-,28+/m0/s1. The van der Waals surface area contributed by atoms with E-state index in [0.29, 0.717) is 16.6 Å². The van der Waals surface area contributed by atoms with Crippen molar-refractivity contribution < 1.29 is 14.3 Å². The van der Waals surface area contributed by atoms with Crippen LogP contribution in [-0.2, 0) is 14.3 Å². The first kappa shape index (κ1) is 23.1. The van der Waals surface area contributed by atoms with Gasteiger partial charge in [0.25, 0.3) is 0 Å². The molecule has 0 heterocycles. The molecule has 31 heavy (non-hydrogen) atoms. The van der Waals surface area contributed by atoms with Crippen LogP contribution >= 0.6 is 0 Å². The Labute approximate surface area is 189 Å². The van der Waals surface area contributed by atoms with Crippen LogP contribution in [0.25, 0.3) is 0 Å². The van der Waals surface area contributed by atoms with Gasteiger partial charge in [0.2, 0.25) is 0 Å². The first-order chi connectivity index (χ1) is 14.6. The van der Waals surface area contributed by atoms with E-state index in [-0.39, 0.29) is 12.1 Å². The molecule has 0 unspecified atom stereocenters. The summed E-state index contributed by atoms with van der Waals surface area (Å²) in [6.07, 6.45) is 15.6. The lowest BCUT2D eigenvalue weighted by molar-refractivity contribution is -0.148. The first-order valence-electron chi connectivity index (χ1n) is 13.0. The smallest absolute Gasteiger partial charge is 0.302 e. The summed E-state index contributed by atoms with van der Waals surface area (Å²) < 4.78 is 5.59. The minimum Gasteiger partial charge on any atom is -0.462 e. The van der Waals surface area contributed by atoms with Crippen molar-refractivity contribution in [3.8, 4) is 0 Å². The molecule has 3 saturated carbocycles. The van der Waals surface area contributed by atoms with Crippen LogP contribution < -0.4 is 0 Å². The second-order valence-electron chi connectivity index (χ2n) is 12.0. The Morgan fingerprint density at radius 3 is 2.58 bits per heavy atom. The second kappa shape index (κ2) is 8.67. The van der Waals surface area contributed by atoms with Crippen LogP contribution in [0.2, 0.25) is 0 Å². The highest BCUT2D eigenvalue weighted by Crippen LogP contribution is 2.67. The SMILES string of the molecule is CC(=O)CCC[C@H](C)[C@@H]1CC[C@@H]2[C@@H]3CC=C4C[C@H](OC(C)=O)CC[C@]4(C)[C@H]3CC[C@@]21C. The lowest BCUT2D eigenvalue weighted by Gasteiger charge is -2.58. The maximum Gasteiger partial charge on any atom is 0.302 e. The van der Waals surface area contributed by atoms with Crippen molar-refractivity contribution in [1.29, 1.82) is 0 Å². The second-order valence-corrected chi connectivity index (χ2v) is 12.0. The first-order valence-corrected chi connectivity index (χ1v) is 13.0. The van der Waals surface area contributed by atoms with E-state index in [0.717, 1.165) is 55.3 Å². The third kappa shape index (κ3) is 4.15. The molecule has 174 valence electrons. The predicted molar refractivity (Wildman–Crippen MR) is 124 cm³/mol. The zero-order valence-corrected chi connectivity index (χ0v) is 20.5. The maximum atomic E-state index is 11.5. The number of esters is 1. The number of rotatable bonds is 6. The van der Waals surface area contributed by atoms with E-state index in [1.54, 1.807) is 19.4 Å². The average Bonchev–Trinajstić information content (AvgIpc) is 3.05. The molecule has 0 aliphatic heterocycles. The van der Waals surface area contributed by atoms with Crippen molar-refractivity contribution in [3.63, 3.8) is 0 Å². The molecule has 0 spiro atoms. The number of hydrogen-bond acceptors (Lipinski definition) is 3. The summed E-state index contributed by atoms with van der Waals surface area (Å²) in [4.78, 5) is 22.8. The van der Waals surface area contributed by atoms with Crippen LogP contribution in [0.4, 0.5) is 0 Å². The Balaban J connectivity index is 1.47. The van der Waals surface area contributed by atoms with E-state index in [2.05, 4.69) is 26.8 Å². The molecule has 3 fully saturated rings. The van der Waals surface area contributed by atoms with Crippen molar-refractivity contribution in [2.24, 2.45) is 40.4 Å². The molecule has 0 saturated heterocycles. The number of carbonyl (C=O) groups excluding carboxylic acids is 2. The molecule has 4 rings (SSSR count). The van der Waals surface area contributed by atoms with Crippen LogP contribution in [0.5, 0.6) is 0 Å². The Bertz CT molecular complexity index is 739. The van der Waals surface area contributed by atoms with Crippen LogP contribution in [0.3, 0.4) is 0 Å². The number of fused-ring (bicyclic) bond motifs is 5. The topological polar surface area (TPSA) is 43.4 Å². The van der Waals surface area contributed by atoms with Gasteiger partial charge in [-0.25, -0.2) is 0 Å². The van der Waals surface area contributed by atoms with Crippen LogP contribution in [0, 0.1) is 40.4 Å². The zero-order chi connectivity index (χ0) is 22.4. The molecule has 0 radical (unpaired) electrons. The summed E-state index contributed by atoms with van der Waals surface area (Å²) in [7, 11) is 0. The highest BCUT2D eigenvalue weighted by molar-refractivity contribution is 5.75. The molecule has 8 atom stereocenters. The molecule has 4 aliphatic carbocycles. The molecule has 3 nitrogen and oxygen atoms in total. The number of allylic oxidation sites excluding steroid dienone is 1. The molecule has 0 aromatic rings. The third-order valence-corrected chi connectivity index (χ3v) is 10.3. The van der Waals surface area contributed by atoms with Gasteiger partial charge >= 0.3 is 5.97 Å². The number of ether oxygens (including phenoxy) is 1. The number of hydrogen-bond donors (Lipinski definition) is 0. The summed E-state index contributed by atoms with van der Waals surface area (Å²) in [6.45, 7) is 10.9. The largest absolute Gasteiger partial charge is 0.462 e. The molecule has 0 amide bonds. The Morgan fingerprint density at radius 1 is 1.10 bits per heavy atom. The van der Waals surface area contributed by atoms with Crippen molar-refractivity contribution in [3.05, 3.63) is 11.6 Å². The molecule has 4 aliphatic rings. The normalized spacial score (nSPS) is 42.6. The van der Waals surface area contributed by atoms with E-state index in [9.17, 15) is 9.59 Å². The summed E-state index contributed by atoms with van der Waals surface area (Å²) in [6, 6.07) is 0. The van der Waals surface area contributed by atoms with E-state index < -0.39 is 0 Å². The predicted octanol–water partition coefficient (Wildman–Crippen LogP) is 6.89. The molecular weight excluding hydrogens is 384 g/mol. The Kier molecular flexibility index (Phi) is 6.45. The van der Waals surface area contributed by atoms with Gasteiger partial charge in [0.15, 0.2) is 0 Å². The summed E-state index contributed by atoms with van der Waals surface area (Å²) in [5, 5.41) is 0. The van der Waals surface area contributed by atoms with Gasteiger partial charge in [-0.15, -0.1) is 0 Å². The molecule has 0 bridgehead atoms. The Hall–Kier alpha value is -1.12. The third-order valence-electron chi connectivity index (χ3n) is 10.3. The van der Waals surface area contributed by atoms with Crippen molar-refractivity contribution in [1.82, 2.24) is 0 Å². The van der Waals surface area contributed by atoms with Gasteiger partial charge in [-0.1, -0.05) is 38.8 Å². The van der Waals surface area contributed by atoms with Crippen molar-refractivity contribution in [2.45, 2.75) is 111 Å². The van der Waals surface area contributed by atoms with Gasteiger partial charge in [-0.05, 0) is 98.7 Å². The molecule has 0 aromatic carbocycles. The minimum atomic E-state index is -0.134. The van der Waals surface area contributed by atoms with Gasteiger partial charge < -0.3 is 9.53 Å². The van der Waals surface area contributed by atoms with Gasteiger partial charge in [0.1, 0.15) is 11.9 Å². The van der Waals surface area contributed by atoms with Gasteiger partial charge in [0.05, 0.1) is 0 Å². The van der Waals surface area contributed by atoms with E-state index in [4.69, 9.17) is 4.74 Å².